The van der Waals surface area contributed by atoms with Crippen molar-refractivity contribution in [2.45, 2.75) is 46.1 Å². The van der Waals surface area contributed by atoms with Crippen LogP contribution >= 0.6 is 22.7 Å². The lowest BCUT2D eigenvalue weighted by atomic mass is 10.1. The monoisotopic (exact) mass is 350 g/mol. The second-order valence-electron chi connectivity index (χ2n) is 5.94. The second-order valence-corrected chi connectivity index (χ2v) is 8.21. The summed E-state index contributed by atoms with van der Waals surface area (Å²) in [7, 11) is 0. The molecule has 1 amide bonds. The van der Waals surface area contributed by atoms with Crippen LogP contribution in [0.1, 0.15) is 40.5 Å². The lowest BCUT2D eigenvalue weighted by Gasteiger charge is -2.25. The molecule has 0 unspecified atom stereocenters. The Morgan fingerprint density at radius 1 is 1.26 bits per heavy atom. The smallest absolute Gasteiger partial charge is 0.232 e. The number of aryl methyl sites for hydroxylation is 2. The van der Waals surface area contributed by atoms with Crippen molar-refractivity contribution in [3.8, 4) is 0 Å². The van der Waals surface area contributed by atoms with E-state index in [0.717, 1.165) is 40.9 Å². The standard InChI is InChI=1S/C16H22N4OS2/c1-11-14(17-12(2)23-11)8-15(21)19-16-18-13(10-22-16)9-20-6-4-3-5-7-20/h10H,3-9H2,1-2H3,(H,18,19,21). The molecule has 1 N–H and O–H groups in total. The first-order valence-corrected chi connectivity index (χ1v) is 9.69. The van der Waals surface area contributed by atoms with Crippen LogP contribution in [0, 0.1) is 13.8 Å². The zero-order valence-electron chi connectivity index (χ0n) is 13.6. The molecule has 0 saturated carbocycles. The highest BCUT2D eigenvalue weighted by Gasteiger charge is 2.14. The van der Waals surface area contributed by atoms with Gasteiger partial charge in [-0.05, 0) is 39.8 Å². The summed E-state index contributed by atoms with van der Waals surface area (Å²) >= 11 is 3.13. The number of nitrogens with one attached hydrogen (secondary N) is 1. The van der Waals surface area contributed by atoms with Crippen molar-refractivity contribution in [3.05, 3.63) is 26.7 Å². The lowest BCUT2D eigenvalue weighted by Crippen LogP contribution is -2.29. The molecule has 0 aromatic carbocycles. The molecule has 1 saturated heterocycles. The third-order valence-electron chi connectivity index (χ3n) is 3.96. The highest BCUT2D eigenvalue weighted by atomic mass is 32.1. The molecule has 0 aliphatic carbocycles. The van der Waals surface area contributed by atoms with E-state index in [1.54, 1.807) is 11.3 Å². The van der Waals surface area contributed by atoms with Gasteiger partial charge in [-0.25, -0.2) is 9.97 Å². The highest BCUT2D eigenvalue weighted by molar-refractivity contribution is 7.14. The number of hydrogen-bond acceptors (Lipinski definition) is 6. The largest absolute Gasteiger partial charge is 0.302 e. The van der Waals surface area contributed by atoms with E-state index in [-0.39, 0.29) is 5.91 Å². The summed E-state index contributed by atoms with van der Waals surface area (Å²) in [6.45, 7) is 7.17. The molecule has 1 fully saturated rings. The number of carbonyl (C=O) groups excluding carboxylic acids is 1. The fourth-order valence-electron chi connectivity index (χ4n) is 2.84. The molecule has 2 aromatic rings. The van der Waals surface area contributed by atoms with Crippen molar-refractivity contribution >= 4 is 33.7 Å². The van der Waals surface area contributed by atoms with Gasteiger partial charge in [0.2, 0.25) is 5.91 Å². The summed E-state index contributed by atoms with van der Waals surface area (Å²) in [6, 6.07) is 0. The number of anilines is 1. The predicted molar refractivity (Wildman–Crippen MR) is 95.2 cm³/mol. The third-order valence-corrected chi connectivity index (χ3v) is 5.70. The first-order valence-electron chi connectivity index (χ1n) is 7.99. The summed E-state index contributed by atoms with van der Waals surface area (Å²) in [5.41, 5.74) is 1.92. The number of likely N-dealkylation sites (tertiary alicyclic amines) is 1. The van der Waals surface area contributed by atoms with Gasteiger partial charge in [-0.15, -0.1) is 22.7 Å². The summed E-state index contributed by atoms with van der Waals surface area (Å²) in [5, 5.41) is 6.63. The molecule has 1 aliphatic rings. The predicted octanol–water partition coefficient (Wildman–Crippen LogP) is 3.38. The molecule has 3 rings (SSSR count). The van der Waals surface area contributed by atoms with Crippen LogP contribution in [0.25, 0.3) is 0 Å². The average Bonchev–Trinajstić information content (AvgIpc) is 3.06. The molecular formula is C16H22N4OS2. The first-order chi connectivity index (χ1) is 11.1. The van der Waals surface area contributed by atoms with Gasteiger partial charge in [0.15, 0.2) is 5.13 Å². The average molecular weight is 351 g/mol. The molecule has 0 bridgehead atoms. The number of rotatable bonds is 5. The van der Waals surface area contributed by atoms with Gasteiger partial charge in [-0.1, -0.05) is 6.42 Å². The Morgan fingerprint density at radius 3 is 2.74 bits per heavy atom. The maximum atomic E-state index is 12.2. The van der Waals surface area contributed by atoms with E-state index in [1.165, 1.54) is 30.6 Å². The van der Waals surface area contributed by atoms with Crippen molar-refractivity contribution in [1.82, 2.24) is 14.9 Å². The van der Waals surface area contributed by atoms with Crippen molar-refractivity contribution in [1.29, 1.82) is 0 Å². The van der Waals surface area contributed by atoms with Crippen LogP contribution in [0.3, 0.4) is 0 Å². The maximum absolute atomic E-state index is 12.2. The van der Waals surface area contributed by atoms with Gasteiger partial charge in [-0.3, -0.25) is 9.69 Å². The zero-order valence-corrected chi connectivity index (χ0v) is 15.2. The number of amides is 1. The fraction of sp³-hybridized carbons (Fsp3) is 0.562. The Kier molecular flexibility index (Phi) is 5.40. The van der Waals surface area contributed by atoms with Gasteiger partial charge in [0, 0.05) is 16.8 Å². The van der Waals surface area contributed by atoms with Gasteiger partial charge in [0.05, 0.1) is 22.8 Å². The van der Waals surface area contributed by atoms with Gasteiger partial charge < -0.3 is 5.32 Å². The minimum Gasteiger partial charge on any atom is -0.302 e. The van der Waals surface area contributed by atoms with Crippen molar-refractivity contribution in [2.75, 3.05) is 18.4 Å². The van der Waals surface area contributed by atoms with E-state index in [0.29, 0.717) is 11.6 Å². The number of piperidine rings is 1. The van der Waals surface area contributed by atoms with Crippen LogP contribution in [0.5, 0.6) is 0 Å². The molecule has 5 nitrogen and oxygen atoms in total. The van der Waals surface area contributed by atoms with Crippen molar-refractivity contribution in [3.63, 3.8) is 0 Å². The van der Waals surface area contributed by atoms with Gasteiger partial charge in [-0.2, -0.15) is 0 Å². The molecule has 0 radical (unpaired) electrons. The Hall–Kier alpha value is -1.31. The molecule has 23 heavy (non-hydrogen) atoms. The van der Waals surface area contributed by atoms with E-state index in [1.807, 2.05) is 19.2 Å². The summed E-state index contributed by atoms with van der Waals surface area (Å²) in [5.74, 6) is -0.0442. The van der Waals surface area contributed by atoms with E-state index >= 15 is 0 Å². The van der Waals surface area contributed by atoms with Gasteiger partial charge >= 0.3 is 0 Å². The Balaban J connectivity index is 1.53. The van der Waals surface area contributed by atoms with Gasteiger partial charge in [0.25, 0.3) is 0 Å². The fourth-order valence-corrected chi connectivity index (χ4v) is 4.39. The summed E-state index contributed by atoms with van der Waals surface area (Å²) < 4.78 is 0. The number of thiazole rings is 2. The minimum atomic E-state index is -0.0442. The molecule has 3 heterocycles. The Morgan fingerprint density at radius 2 is 2.04 bits per heavy atom. The van der Waals surface area contributed by atoms with Crippen LogP contribution in [0.15, 0.2) is 5.38 Å². The highest BCUT2D eigenvalue weighted by Crippen LogP contribution is 2.20. The number of hydrogen-bond donors (Lipinski definition) is 1. The summed E-state index contributed by atoms with van der Waals surface area (Å²) in [6.07, 6.45) is 4.21. The van der Waals surface area contributed by atoms with E-state index in [2.05, 4.69) is 20.2 Å². The van der Waals surface area contributed by atoms with Crippen LogP contribution in [0.2, 0.25) is 0 Å². The Bertz CT molecular complexity index is 673. The van der Waals surface area contributed by atoms with Crippen LogP contribution in [-0.2, 0) is 17.8 Å². The van der Waals surface area contributed by atoms with Crippen LogP contribution in [0.4, 0.5) is 5.13 Å². The molecule has 7 heteroatoms. The zero-order chi connectivity index (χ0) is 16.2. The normalized spacial score (nSPS) is 15.7. The molecule has 0 atom stereocenters. The second kappa shape index (κ2) is 7.51. The lowest BCUT2D eigenvalue weighted by molar-refractivity contribution is -0.115. The number of aromatic nitrogens is 2. The third kappa shape index (κ3) is 4.59. The molecule has 1 aliphatic heterocycles. The molecular weight excluding hydrogens is 328 g/mol. The quantitative estimate of drug-likeness (QED) is 0.898. The topological polar surface area (TPSA) is 58.1 Å². The van der Waals surface area contributed by atoms with Gasteiger partial charge in [0.1, 0.15) is 0 Å². The SMILES string of the molecule is Cc1nc(CC(=O)Nc2nc(CN3CCCCC3)cs2)c(C)s1. The minimum absolute atomic E-state index is 0.0442. The Labute approximate surface area is 144 Å². The molecule has 0 spiro atoms. The number of nitrogens with zero attached hydrogens (tertiary/aromatic N) is 3. The maximum Gasteiger partial charge on any atom is 0.232 e. The molecule has 2 aromatic heterocycles. The van der Waals surface area contributed by atoms with Crippen molar-refractivity contribution in [2.24, 2.45) is 0 Å². The molecule has 124 valence electrons. The first kappa shape index (κ1) is 16.5. The van der Waals surface area contributed by atoms with E-state index < -0.39 is 0 Å². The van der Waals surface area contributed by atoms with E-state index in [9.17, 15) is 4.79 Å². The van der Waals surface area contributed by atoms with Crippen LogP contribution in [-0.4, -0.2) is 33.9 Å². The van der Waals surface area contributed by atoms with Crippen LogP contribution < -0.4 is 5.32 Å². The van der Waals surface area contributed by atoms with Crippen molar-refractivity contribution < 1.29 is 4.79 Å². The summed E-state index contributed by atoms with van der Waals surface area (Å²) in [4.78, 5) is 24.7. The van der Waals surface area contributed by atoms with E-state index in [4.69, 9.17) is 0 Å². The number of carbonyl (C=O) groups is 1.